The zero-order valence-electron chi connectivity index (χ0n) is 15.5. The number of methoxy groups -OCH3 is 1. The zero-order chi connectivity index (χ0) is 19.4. The highest BCUT2D eigenvalue weighted by atomic mass is 16.5. The van der Waals surface area contributed by atoms with Crippen molar-refractivity contribution in [3.05, 3.63) is 42.4 Å². The van der Waals surface area contributed by atoms with Crippen molar-refractivity contribution in [3.8, 4) is 11.5 Å². The first-order chi connectivity index (χ1) is 13.1. The molecule has 7 nitrogen and oxygen atoms in total. The summed E-state index contributed by atoms with van der Waals surface area (Å²) in [5.74, 6) is 1.16. The number of nitrogens with one attached hydrogen (secondary N) is 1. The topological polar surface area (TPSA) is 68.0 Å². The van der Waals surface area contributed by atoms with Gasteiger partial charge < -0.3 is 19.7 Å². The van der Waals surface area contributed by atoms with E-state index in [4.69, 9.17) is 16.0 Å². The Morgan fingerprint density at radius 2 is 2.15 bits per heavy atom. The highest BCUT2D eigenvalue weighted by molar-refractivity contribution is 5.99. The van der Waals surface area contributed by atoms with Crippen LogP contribution in [-0.4, -0.2) is 49.1 Å². The summed E-state index contributed by atoms with van der Waals surface area (Å²) in [6.07, 6.45) is 4.35. The van der Waals surface area contributed by atoms with Crippen LogP contribution in [0.15, 0.2) is 31.0 Å². The Labute approximate surface area is 158 Å². The number of aromatic nitrogens is 1. The number of rotatable bonds is 5. The Morgan fingerprint density at radius 3 is 2.74 bits per heavy atom. The van der Waals surface area contributed by atoms with Crippen LogP contribution in [0.4, 0.5) is 11.4 Å². The number of piperidine rings is 1. The molecule has 1 aliphatic heterocycles. The second-order valence-electron chi connectivity index (χ2n) is 6.25. The van der Waals surface area contributed by atoms with Gasteiger partial charge in [0, 0.05) is 50.6 Å². The minimum absolute atomic E-state index is 0.0137. The summed E-state index contributed by atoms with van der Waals surface area (Å²) in [6.45, 7) is 12.1. The van der Waals surface area contributed by atoms with Crippen molar-refractivity contribution < 1.29 is 14.3 Å². The molecule has 1 aliphatic rings. The summed E-state index contributed by atoms with van der Waals surface area (Å²) in [5.41, 5.74) is 1.90. The van der Waals surface area contributed by atoms with E-state index in [2.05, 4.69) is 21.7 Å². The molecular weight excluding hydrogens is 344 g/mol. The fourth-order valence-corrected chi connectivity index (χ4v) is 3.29. The van der Waals surface area contributed by atoms with Crippen molar-refractivity contribution in [1.82, 2.24) is 9.88 Å². The maximum Gasteiger partial charge on any atom is 0.245 e. The molecule has 1 aromatic heterocycles. The van der Waals surface area contributed by atoms with Crippen LogP contribution in [0.25, 0.3) is 15.7 Å². The lowest BCUT2D eigenvalue weighted by atomic mass is 10.1. The van der Waals surface area contributed by atoms with Crippen LogP contribution in [0.2, 0.25) is 0 Å². The number of pyridine rings is 1. The molecule has 0 saturated carbocycles. The van der Waals surface area contributed by atoms with Crippen molar-refractivity contribution in [2.45, 2.75) is 18.9 Å². The molecule has 3 rings (SSSR count). The lowest BCUT2D eigenvalue weighted by Crippen LogP contribution is -2.41. The quantitative estimate of drug-likeness (QED) is 0.649. The summed E-state index contributed by atoms with van der Waals surface area (Å²) < 4.78 is 11.7. The summed E-state index contributed by atoms with van der Waals surface area (Å²) >= 11 is 0. The summed E-state index contributed by atoms with van der Waals surface area (Å²) in [4.78, 5) is 21.4. The first-order valence-electron chi connectivity index (χ1n) is 8.75. The third-order valence-corrected chi connectivity index (χ3v) is 4.73. The average molecular weight is 366 g/mol. The van der Waals surface area contributed by atoms with Gasteiger partial charge in [0.25, 0.3) is 0 Å². The lowest BCUT2D eigenvalue weighted by molar-refractivity contribution is -0.127. The van der Waals surface area contributed by atoms with Gasteiger partial charge >= 0.3 is 0 Å². The van der Waals surface area contributed by atoms with Crippen LogP contribution < -0.4 is 14.8 Å². The standard InChI is InChI=1S/C20H22N4O3/c1-5-19(25)24-8-6-13(7-9-24)27-18-10-14-15(11-17(18)26-4)23-12-16(21-2)20(14)22-3/h5,10-13H,1,6-9H2,3-4H3,(H,22,23). The van der Waals surface area contributed by atoms with Crippen LogP contribution in [0, 0.1) is 6.57 Å². The Bertz CT molecular complexity index is 912. The number of fused-ring (bicyclic) bond motifs is 1. The second-order valence-corrected chi connectivity index (χ2v) is 6.25. The zero-order valence-corrected chi connectivity index (χ0v) is 15.5. The molecule has 0 spiro atoms. The Kier molecular flexibility index (Phi) is 5.46. The number of carbonyl (C=O) groups is 1. The molecule has 2 aromatic rings. The number of hydrogen-bond acceptors (Lipinski definition) is 5. The van der Waals surface area contributed by atoms with Gasteiger partial charge in [-0.05, 0) is 12.1 Å². The molecule has 0 atom stereocenters. The van der Waals surface area contributed by atoms with E-state index in [0.29, 0.717) is 36.0 Å². The molecule has 1 amide bonds. The number of amides is 1. The van der Waals surface area contributed by atoms with Gasteiger partial charge in [-0.15, -0.1) is 0 Å². The van der Waals surface area contributed by atoms with Gasteiger partial charge in [-0.3, -0.25) is 9.78 Å². The van der Waals surface area contributed by atoms with Crippen LogP contribution in [0.5, 0.6) is 11.5 Å². The molecule has 0 unspecified atom stereocenters. The van der Waals surface area contributed by atoms with E-state index in [9.17, 15) is 4.79 Å². The maximum absolute atomic E-state index is 11.7. The number of likely N-dealkylation sites (tertiary alicyclic amines) is 1. The van der Waals surface area contributed by atoms with E-state index in [0.717, 1.165) is 23.7 Å². The molecule has 1 N–H and O–H groups in total. The van der Waals surface area contributed by atoms with Gasteiger partial charge in [0.15, 0.2) is 11.5 Å². The van der Waals surface area contributed by atoms with E-state index in [-0.39, 0.29) is 12.0 Å². The molecular formula is C20H22N4O3. The molecule has 1 saturated heterocycles. The van der Waals surface area contributed by atoms with E-state index in [1.165, 1.54) is 6.08 Å². The van der Waals surface area contributed by atoms with E-state index >= 15 is 0 Å². The Hall–Kier alpha value is -3.27. The van der Waals surface area contributed by atoms with Gasteiger partial charge in [-0.2, -0.15) is 0 Å². The molecule has 2 heterocycles. The fraction of sp³-hybridized carbons (Fsp3) is 0.350. The fourth-order valence-electron chi connectivity index (χ4n) is 3.29. The lowest BCUT2D eigenvalue weighted by Gasteiger charge is -2.31. The van der Waals surface area contributed by atoms with Gasteiger partial charge in [0.1, 0.15) is 6.10 Å². The van der Waals surface area contributed by atoms with Crippen molar-refractivity contribution in [1.29, 1.82) is 0 Å². The van der Waals surface area contributed by atoms with E-state index in [1.807, 2.05) is 12.1 Å². The van der Waals surface area contributed by atoms with Crippen molar-refractivity contribution in [3.63, 3.8) is 0 Å². The number of nitrogens with zero attached hydrogens (tertiary/aromatic N) is 3. The number of hydrogen-bond donors (Lipinski definition) is 1. The molecule has 0 radical (unpaired) electrons. The van der Waals surface area contributed by atoms with Crippen LogP contribution in [0.1, 0.15) is 12.8 Å². The third-order valence-electron chi connectivity index (χ3n) is 4.73. The summed E-state index contributed by atoms with van der Waals surface area (Å²) in [7, 11) is 3.37. The number of anilines is 1. The predicted octanol–water partition coefficient (Wildman–Crippen LogP) is 3.39. The molecule has 1 fully saturated rings. The molecule has 0 aliphatic carbocycles. The highest BCUT2D eigenvalue weighted by Gasteiger charge is 2.24. The smallest absolute Gasteiger partial charge is 0.245 e. The molecule has 27 heavy (non-hydrogen) atoms. The predicted molar refractivity (Wildman–Crippen MR) is 105 cm³/mol. The first-order valence-corrected chi connectivity index (χ1v) is 8.75. The van der Waals surface area contributed by atoms with Crippen molar-refractivity contribution in [2.75, 3.05) is 32.6 Å². The minimum Gasteiger partial charge on any atom is -0.493 e. The summed E-state index contributed by atoms with van der Waals surface area (Å²) in [6, 6.07) is 3.68. The van der Waals surface area contributed by atoms with E-state index in [1.54, 1.807) is 25.3 Å². The SMILES string of the molecule is [C-]#[N+]c1cnc2cc(OC)c(OC3CCN(C(=O)C=C)CC3)cc2c1NC. The molecule has 0 bridgehead atoms. The number of carbonyl (C=O) groups excluding carboxylic acids is 1. The number of benzene rings is 1. The average Bonchev–Trinajstić information content (AvgIpc) is 2.72. The van der Waals surface area contributed by atoms with Gasteiger partial charge in [0.05, 0.1) is 24.9 Å². The van der Waals surface area contributed by atoms with Gasteiger partial charge in [-0.1, -0.05) is 6.58 Å². The molecule has 7 heteroatoms. The molecule has 1 aromatic carbocycles. The van der Waals surface area contributed by atoms with Crippen LogP contribution in [0.3, 0.4) is 0 Å². The van der Waals surface area contributed by atoms with E-state index < -0.39 is 0 Å². The van der Waals surface area contributed by atoms with Crippen LogP contribution >= 0.6 is 0 Å². The Balaban J connectivity index is 1.89. The third kappa shape index (κ3) is 3.65. The van der Waals surface area contributed by atoms with Gasteiger partial charge in [-0.25, -0.2) is 4.85 Å². The van der Waals surface area contributed by atoms with Gasteiger partial charge in [0.2, 0.25) is 11.6 Å². The molecule has 140 valence electrons. The normalized spacial score (nSPS) is 14.5. The Morgan fingerprint density at radius 1 is 1.41 bits per heavy atom. The monoisotopic (exact) mass is 366 g/mol. The first kappa shape index (κ1) is 18.5. The van der Waals surface area contributed by atoms with Crippen LogP contribution in [-0.2, 0) is 4.79 Å². The largest absolute Gasteiger partial charge is 0.493 e. The van der Waals surface area contributed by atoms with Crippen molar-refractivity contribution >= 4 is 28.2 Å². The second kappa shape index (κ2) is 7.96. The highest BCUT2D eigenvalue weighted by Crippen LogP contribution is 2.39. The number of ether oxygens (including phenoxy) is 2. The minimum atomic E-state index is -0.0480. The van der Waals surface area contributed by atoms with Crippen molar-refractivity contribution in [2.24, 2.45) is 0 Å². The summed E-state index contributed by atoms with van der Waals surface area (Å²) in [5, 5.41) is 3.89. The maximum atomic E-state index is 11.7.